The number of nitrogens with zero attached hydrogens (tertiary/aromatic N) is 1. The van der Waals surface area contributed by atoms with E-state index in [4.69, 9.17) is 8.83 Å². The largest absolute Gasteiger partial charge is 0.453 e. The molecule has 0 fully saturated rings. The van der Waals surface area contributed by atoms with Gasteiger partial charge in [0.25, 0.3) is 0 Å². The lowest BCUT2D eigenvalue weighted by Crippen LogP contribution is -2.11. The van der Waals surface area contributed by atoms with Crippen LogP contribution in [0.1, 0.15) is 0 Å². The van der Waals surface area contributed by atoms with Gasteiger partial charge < -0.3 is 13.7 Å². The van der Waals surface area contributed by atoms with Gasteiger partial charge in [-0.05, 0) is 79.2 Å². The predicted molar refractivity (Wildman–Crippen MR) is 272 cm³/mol. The fourth-order valence-corrected chi connectivity index (χ4v) is 10.0. The number of anilines is 3. The Bertz CT molecular complexity index is 3730. The van der Waals surface area contributed by atoms with Crippen LogP contribution in [0.15, 0.2) is 245 Å². The number of hydrogen-bond acceptors (Lipinski definition) is 3. The molecule has 0 aliphatic carbocycles. The fourth-order valence-electron chi connectivity index (χ4n) is 10.0. The molecule has 0 unspecified atom stereocenters. The maximum absolute atomic E-state index is 7.33. The standard InChI is InChI=1S/C62H39NO2/c1-4-17-40(18-5-1)41-33-35-42(36-34-41)45-25-14-26-48(37-45)63(55-38-46-23-10-12-27-49(46)57-53-31-15-29-51(59(53)64-61(55)57)43-19-6-2-7-20-43)56-39-47-24-11-13-28-50(47)58-54-32-16-30-52(60(54)65-62(56)58)44-21-8-3-9-22-44/h1-39H. The topological polar surface area (TPSA) is 29.5 Å². The molecule has 2 aromatic heterocycles. The third kappa shape index (κ3) is 6.05. The van der Waals surface area contributed by atoms with Gasteiger partial charge in [-0.2, -0.15) is 0 Å². The van der Waals surface area contributed by atoms with Crippen molar-refractivity contribution in [3.63, 3.8) is 0 Å². The fraction of sp³-hybridized carbons (Fsp3) is 0. The number of hydrogen-bond donors (Lipinski definition) is 0. The minimum Gasteiger partial charge on any atom is -0.453 e. The molecule has 11 aromatic carbocycles. The molecule has 0 N–H and O–H groups in total. The molecule has 65 heavy (non-hydrogen) atoms. The number of rotatable bonds is 7. The van der Waals surface area contributed by atoms with Crippen LogP contribution in [-0.4, -0.2) is 0 Å². The predicted octanol–water partition coefficient (Wildman–Crippen LogP) is 17.9. The smallest absolute Gasteiger partial charge is 0.160 e. The van der Waals surface area contributed by atoms with Gasteiger partial charge in [-0.25, -0.2) is 0 Å². The van der Waals surface area contributed by atoms with Gasteiger partial charge in [0, 0.05) is 38.4 Å². The van der Waals surface area contributed by atoms with Crippen molar-refractivity contribution in [3.05, 3.63) is 237 Å². The zero-order valence-electron chi connectivity index (χ0n) is 35.3. The van der Waals surface area contributed by atoms with Crippen LogP contribution in [0.5, 0.6) is 0 Å². The van der Waals surface area contributed by atoms with Gasteiger partial charge in [0.05, 0.1) is 11.4 Å². The van der Waals surface area contributed by atoms with Crippen LogP contribution in [-0.2, 0) is 0 Å². The Hall–Kier alpha value is -8.66. The highest BCUT2D eigenvalue weighted by molar-refractivity contribution is 6.27. The van der Waals surface area contributed by atoms with Crippen LogP contribution in [0, 0.1) is 0 Å². The summed E-state index contributed by atoms with van der Waals surface area (Å²) >= 11 is 0. The molecule has 13 rings (SSSR count). The highest BCUT2D eigenvalue weighted by atomic mass is 16.3. The summed E-state index contributed by atoms with van der Waals surface area (Å²) in [7, 11) is 0. The summed E-state index contributed by atoms with van der Waals surface area (Å²) < 4.78 is 14.7. The van der Waals surface area contributed by atoms with Crippen molar-refractivity contribution in [3.8, 4) is 44.5 Å². The van der Waals surface area contributed by atoms with E-state index in [0.717, 1.165) is 116 Å². The SMILES string of the molecule is c1ccc(-c2ccc(-c3cccc(N(c4cc5ccccc5c5c4oc4c(-c6ccccc6)cccc45)c4cc5ccccc5c5c4oc4c(-c6ccccc6)cccc45)c3)cc2)cc1. The van der Waals surface area contributed by atoms with Gasteiger partial charge in [-0.15, -0.1) is 0 Å². The van der Waals surface area contributed by atoms with Crippen LogP contribution >= 0.6 is 0 Å². The summed E-state index contributed by atoms with van der Waals surface area (Å²) in [5, 5.41) is 8.83. The van der Waals surface area contributed by atoms with E-state index < -0.39 is 0 Å². The molecule has 0 aliphatic heterocycles. The zero-order valence-corrected chi connectivity index (χ0v) is 35.3. The molecule has 304 valence electrons. The normalized spacial score (nSPS) is 11.7. The van der Waals surface area contributed by atoms with Gasteiger partial charge in [0.1, 0.15) is 11.2 Å². The Labute approximate surface area is 375 Å². The summed E-state index contributed by atoms with van der Waals surface area (Å²) in [5.41, 5.74) is 15.1. The molecule has 0 spiro atoms. The monoisotopic (exact) mass is 829 g/mol. The molecule has 0 amide bonds. The van der Waals surface area contributed by atoms with Crippen LogP contribution in [0.4, 0.5) is 17.1 Å². The van der Waals surface area contributed by atoms with Crippen LogP contribution in [0.3, 0.4) is 0 Å². The zero-order chi connectivity index (χ0) is 42.8. The van der Waals surface area contributed by atoms with Crippen molar-refractivity contribution in [1.29, 1.82) is 0 Å². The first-order chi connectivity index (χ1) is 32.2. The van der Waals surface area contributed by atoms with E-state index in [2.05, 4.69) is 241 Å². The van der Waals surface area contributed by atoms with Gasteiger partial charge in [0.2, 0.25) is 0 Å². The van der Waals surface area contributed by atoms with Gasteiger partial charge in [-0.1, -0.05) is 212 Å². The Morgan fingerprint density at radius 3 is 1.15 bits per heavy atom. The van der Waals surface area contributed by atoms with E-state index in [-0.39, 0.29) is 0 Å². The van der Waals surface area contributed by atoms with E-state index in [0.29, 0.717) is 0 Å². The summed E-state index contributed by atoms with van der Waals surface area (Å²) in [5.74, 6) is 0. The van der Waals surface area contributed by atoms with E-state index in [1.54, 1.807) is 0 Å². The highest BCUT2D eigenvalue weighted by Crippen LogP contribution is 2.51. The first-order valence-electron chi connectivity index (χ1n) is 22.2. The summed E-state index contributed by atoms with van der Waals surface area (Å²) in [6.45, 7) is 0. The van der Waals surface area contributed by atoms with Crippen LogP contribution in [0.2, 0.25) is 0 Å². The highest BCUT2D eigenvalue weighted by Gasteiger charge is 2.27. The van der Waals surface area contributed by atoms with Crippen molar-refractivity contribution in [2.45, 2.75) is 0 Å². The average Bonchev–Trinajstić information content (AvgIpc) is 3.98. The van der Waals surface area contributed by atoms with E-state index in [1.807, 2.05) is 0 Å². The minimum absolute atomic E-state index is 0.807. The van der Waals surface area contributed by atoms with Crippen molar-refractivity contribution < 1.29 is 8.83 Å². The minimum atomic E-state index is 0.807. The molecule has 0 saturated heterocycles. The van der Waals surface area contributed by atoms with Gasteiger partial charge in [0.15, 0.2) is 11.2 Å². The summed E-state index contributed by atoms with van der Waals surface area (Å²) in [6.07, 6.45) is 0. The van der Waals surface area contributed by atoms with Crippen molar-refractivity contribution in [2.24, 2.45) is 0 Å². The third-order valence-corrected chi connectivity index (χ3v) is 13.0. The van der Waals surface area contributed by atoms with Crippen LogP contribution < -0.4 is 4.90 Å². The number of para-hydroxylation sites is 2. The second kappa shape index (κ2) is 15.0. The molecule has 0 bridgehead atoms. The maximum atomic E-state index is 7.33. The molecular formula is C62H39NO2. The lowest BCUT2D eigenvalue weighted by Gasteiger charge is -2.27. The van der Waals surface area contributed by atoms with E-state index >= 15 is 0 Å². The molecule has 13 aromatic rings. The van der Waals surface area contributed by atoms with Crippen molar-refractivity contribution in [1.82, 2.24) is 0 Å². The van der Waals surface area contributed by atoms with Crippen molar-refractivity contribution in [2.75, 3.05) is 4.90 Å². The van der Waals surface area contributed by atoms with Gasteiger partial charge in [-0.3, -0.25) is 0 Å². The first-order valence-corrected chi connectivity index (χ1v) is 22.2. The molecule has 3 nitrogen and oxygen atoms in total. The maximum Gasteiger partial charge on any atom is 0.160 e. The second-order valence-corrected chi connectivity index (χ2v) is 16.8. The lowest BCUT2D eigenvalue weighted by atomic mass is 9.97. The molecule has 3 heteroatoms. The third-order valence-electron chi connectivity index (χ3n) is 13.0. The van der Waals surface area contributed by atoms with Crippen molar-refractivity contribution >= 4 is 82.5 Å². The molecular weight excluding hydrogens is 791 g/mol. The van der Waals surface area contributed by atoms with E-state index in [9.17, 15) is 0 Å². The summed E-state index contributed by atoms with van der Waals surface area (Å²) in [4.78, 5) is 2.38. The van der Waals surface area contributed by atoms with Gasteiger partial charge >= 0.3 is 0 Å². The second-order valence-electron chi connectivity index (χ2n) is 16.8. The molecule has 0 aliphatic rings. The first kappa shape index (κ1) is 36.9. The Balaban J connectivity index is 1.13. The van der Waals surface area contributed by atoms with E-state index in [1.165, 1.54) is 11.1 Å². The quantitative estimate of drug-likeness (QED) is 0.160. The molecule has 0 atom stereocenters. The average molecular weight is 830 g/mol. The molecule has 2 heterocycles. The molecule has 0 saturated carbocycles. The lowest BCUT2D eigenvalue weighted by molar-refractivity contribution is 0.667. The van der Waals surface area contributed by atoms with Crippen LogP contribution in [0.25, 0.3) is 110 Å². The Morgan fingerprint density at radius 2 is 0.646 bits per heavy atom. The Kier molecular flexibility index (Phi) is 8.53. The number of benzene rings is 11. The number of fused-ring (bicyclic) bond motifs is 10. The summed E-state index contributed by atoms with van der Waals surface area (Å²) in [6, 6.07) is 84.3. The number of furan rings is 2. The Morgan fingerprint density at radius 1 is 0.262 bits per heavy atom. The molecule has 0 radical (unpaired) electrons.